The molecule has 0 heterocycles. The Bertz CT molecular complexity index is 995. The molecule has 0 saturated heterocycles. The van der Waals surface area contributed by atoms with Gasteiger partial charge in [-0.15, -0.1) is 0 Å². The van der Waals surface area contributed by atoms with Crippen LogP contribution in [-0.4, -0.2) is 30.8 Å². The van der Waals surface area contributed by atoms with Gasteiger partial charge >= 0.3 is 0 Å². The Morgan fingerprint density at radius 3 is 2.48 bits per heavy atom. The monoisotopic (exact) mass is 532 g/mol. The second kappa shape index (κ2) is 11.6. The number of halogens is 1. The standard InChI is InChI=1S/C24H25IN2O4/c1-30-19-9-11-20(12-10-19)31-23(24(29)27-22-8-3-2-7-21(22)25)13-14-26-16-17-5-4-6-18(28)15-17/h2-12,15,23,26,28H,13-14,16H2,1H3,(H,27,29). The van der Waals surface area contributed by atoms with Crippen molar-refractivity contribution in [2.45, 2.75) is 19.1 Å². The Hall–Kier alpha value is -2.78. The molecular weight excluding hydrogens is 507 g/mol. The predicted molar refractivity (Wildman–Crippen MR) is 130 cm³/mol. The molecule has 6 nitrogen and oxygen atoms in total. The number of benzene rings is 3. The molecule has 3 N–H and O–H groups in total. The first-order valence-corrected chi connectivity index (χ1v) is 11.0. The van der Waals surface area contributed by atoms with Crippen molar-refractivity contribution >= 4 is 34.2 Å². The molecule has 3 rings (SSSR count). The Morgan fingerprint density at radius 2 is 1.77 bits per heavy atom. The summed E-state index contributed by atoms with van der Waals surface area (Å²) in [5, 5.41) is 15.8. The molecule has 0 aliphatic carbocycles. The van der Waals surface area contributed by atoms with Crippen LogP contribution in [0.5, 0.6) is 17.2 Å². The van der Waals surface area contributed by atoms with Gasteiger partial charge in [-0.1, -0.05) is 24.3 Å². The summed E-state index contributed by atoms with van der Waals surface area (Å²) in [7, 11) is 1.60. The predicted octanol–water partition coefficient (Wildman–Crippen LogP) is 4.57. The molecule has 0 aliphatic rings. The number of carbonyl (C=O) groups is 1. The molecule has 1 amide bonds. The van der Waals surface area contributed by atoms with E-state index in [9.17, 15) is 9.90 Å². The number of hydrogen-bond acceptors (Lipinski definition) is 5. The SMILES string of the molecule is COc1ccc(OC(CCNCc2cccc(O)c2)C(=O)Nc2ccccc2I)cc1. The first kappa shape index (κ1) is 22.9. The molecule has 0 spiro atoms. The van der Waals surface area contributed by atoms with E-state index in [-0.39, 0.29) is 11.7 Å². The summed E-state index contributed by atoms with van der Waals surface area (Å²) in [6, 6.07) is 21.9. The summed E-state index contributed by atoms with van der Waals surface area (Å²) in [6.07, 6.45) is -0.207. The average molecular weight is 532 g/mol. The van der Waals surface area contributed by atoms with Gasteiger partial charge in [0.1, 0.15) is 17.2 Å². The van der Waals surface area contributed by atoms with Crippen LogP contribution in [0.1, 0.15) is 12.0 Å². The summed E-state index contributed by atoms with van der Waals surface area (Å²) in [6.45, 7) is 1.15. The van der Waals surface area contributed by atoms with Crippen molar-refractivity contribution in [1.29, 1.82) is 0 Å². The number of carbonyl (C=O) groups excluding carboxylic acids is 1. The molecule has 3 aromatic carbocycles. The summed E-state index contributed by atoms with van der Waals surface area (Å²) in [5.74, 6) is 1.34. The number of ether oxygens (including phenoxy) is 2. The molecule has 0 bridgehead atoms. The minimum Gasteiger partial charge on any atom is -0.508 e. The fourth-order valence-corrected chi connectivity index (χ4v) is 3.49. The lowest BCUT2D eigenvalue weighted by atomic mass is 10.2. The Kier molecular flexibility index (Phi) is 8.54. The van der Waals surface area contributed by atoms with E-state index in [4.69, 9.17) is 9.47 Å². The normalized spacial score (nSPS) is 11.5. The van der Waals surface area contributed by atoms with Crippen molar-refractivity contribution in [1.82, 2.24) is 5.32 Å². The van der Waals surface area contributed by atoms with Gasteiger partial charge < -0.3 is 25.2 Å². The summed E-state index contributed by atoms with van der Waals surface area (Å²) in [4.78, 5) is 13.0. The van der Waals surface area contributed by atoms with Crippen molar-refractivity contribution in [2.24, 2.45) is 0 Å². The van der Waals surface area contributed by atoms with Crippen LogP contribution >= 0.6 is 22.6 Å². The van der Waals surface area contributed by atoms with Gasteiger partial charge in [-0.05, 0) is 83.2 Å². The van der Waals surface area contributed by atoms with Crippen LogP contribution < -0.4 is 20.1 Å². The van der Waals surface area contributed by atoms with Crippen LogP contribution in [0.15, 0.2) is 72.8 Å². The summed E-state index contributed by atoms with van der Waals surface area (Å²) in [5.41, 5.74) is 1.72. The molecule has 3 aromatic rings. The maximum absolute atomic E-state index is 13.0. The van der Waals surface area contributed by atoms with Crippen molar-refractivity contribution < 1.29 is 19.4 Å². The third-order valence-corrected chi connectivity index (χ3v) is 5.53. The van der Waals surface area contributed by atoms with Crippen LogP contribution in [0.3, 0.4) is 0 Å². The first-order valence-electron chi connectivity index (χ1n) is 9.90. The summed E-state index contributed by atoms with van der Waals surface area (Å²) >= 11 is 2.19. The van der Waals surface area contributed by atoms with Crippen LogP contribution in [0.25, 0.3) is 0 Å². The maximum Gasteiger partial charge on any atom is 0.265 e. The molecule has 7 heteroatoms. The van der Waals surface area contributed by atoms with Crippen molar-refractivity contribution in [3.05, 3.63) is 81.9 Å². The van der Waals surface area contributed by atoms with E-state index >= 15 is 0 Å². The molecule has 0 fully saturated rings. The highest BCUT2D eigenvalue weighted by atomic mass is 127. The number of phenolic OH excluding ortho intramolecular Hbond substituents is 1. The number of amides is 1. The zero-order valence-corrected chi connectivity index (χ0v) is 19.3. The highest BCUT2D eigenvalue weighted by Gasteiger charge is 2.21. The van der Waals surface area contributed by atoms with Gasteiger partial charge in [0, 0.05) is 16.5 Å². The minimum atomic E-state index is -0.680. The Labute approximate surface area is 195 Å². The van der Waals surface area contributed by atoms with Crippen LogP contribution in [0.2, 0.25) is 0 Å². The smallest absolute Gasteiger partial charge is 0.265 e. The summed E-state index contributed by atoms with van der Waals surface area (Å²) < 4.78 is 12.1. The van der Waals surface area contributed by atoms with E-state index in [1.165, 1.54) is 0 Å². The highest BCUT2D eigenvalue weighted by molar-refractivity contribution is 14.1. The largest absolute Gasteiger partial charge is 0.508 e. The second-order valence-electron chi connectivity index (χ2n) is 6.89. The van der Waals surface area contributed by atoms with E-state index in [0.717, 1.165) is 20.6 Å². The highest BCUT2D eigenvalue weighted by Crippen LogP contribution is 2.21. The molecule has 31 heavy (non-hydrogen) atoms. The van der Waals surface area contributed by atoms with Crippen molar-refractivity contribution in [2.75, 3.05) is 19.0 Å². The topological polar surface area (TPSA) is 79.8 Å². The van der Waals surface area contributed by atoms with Crippen molar-refractivity contribution in [3.63, 3.8) is 0 Å². The first-order chi connectivity index (χ1) is 15.0. The van der Waals surface area contributed by atoms with E-state index in [2.05, 4.69) is 33.2 Å². The number of rotatable bonds is 10. The van der Waals surface area contributed by atoms with Crippen molar-refractivity contribution in [3.8, 4) is 17.2 Å². The van der Waals surface area contributed by atoms with E-state index in [0.29, 0.717) is 25.3 Å². The van der Waals surface area contributed by atoms with Gasteiger partial charge in [0.25, 0.3) is 5.91 Å². The molecule has 0 aromatic heterocycles. The van der Waals surface area contributed by atoms with Crippen LogP contribution in [0.4, 0.5) is 5.69 Å². The lowest BCUT2D eigenvalue weighted by molar-refractivity contribution is -0.123. The lowest BCUT2D eigenvalue weighted by Gasteiger charge is -2.20. The molecule has 1 unspecified atom stereocenters. The van der Waals surface area contributed by atoms with Crippen LogP contribution in [0, 0.1) is 3.57 Å². The number of para-hydroxylation sites is 1. The lowest BCUT2D eigenvalue weighted by Crippen LogP contribution is -2.36. The fourth-order valence-electron chi connectivity index (χ4n) is 2.97. The number of phenols is 1. The molecule has 0 radical (unpaired) electrons. The fraction of sp³-hybridized carbons (Fsp3) is 0.208. The maximum atomic E-state index is 13.0. The number of methoxy groups -OCH3 is 1. The Balaban J connectivity index is 1.63. The molecular formula is C24H25IN2O4. The molecule has 1 atom stereocenters. The van der Waals surface area contributed by atoms with E-state index in [1.807, 2.05) is 30.3 Å². The number of anilines is 1. The second-order valence-corrected chi connectivity index (χ2v) is 8.05. The molecule has 0 aliphatic heterocycles. The number of aromatic hydroxyl groups is 1. The number of nitrogens with one attached hydrogen (secondary N) is 2. The third kappa shape index (κ3) is 7.15. The minimum absolute atomic E-state index is 0.209. The molecule has 162 valence electrons. The Morgan fingerprint density at radius 1 is 1.03 bits per heavy atom. The number of hydrogen-bond donors (Lipinski definition) is 3. The quantitative estimate of drug-likeness (QED) is 0.264. The van der Waals surface area contributed by atoms with Gasteiger partial charge in [0.2, 0.25) is 0 Å². The van der Waals surface area contributed by atoms with Gasteiger partial charge in [0.05, 0.1) is 12.8 Å². The van der Waals surface area contributed by atoms with Gasteiger partial charge in [-0.25, -0.2) is 0 Å². The van der Waals surface area contributed by atoms with Gasteiger partial charge in [-0.3, -0.25) is 4.79 Å². The molecule has 0 saturated carbocycles. The zero-order valence-electron chi connectivity index (χ0n) is 17.2. The van der Waals surface area contributed by atoms with E-state index in [1.54, 1.807) is 49.6 Å². The average Bonchev–Trinajstić information content (AvgIpc) is 2.78. The van der Waals surface area contributed by atoms with Gasteiger partial charge in [0.15, 0.2) is 6.10 Å². The zero-order chi connectivity index (χ0) is 22.1. The third-order valence-electron chi connectivity index (χ3n) is 4.58. The van der Waals surface area contributed by atoms with Gasteiger partial charge in [-0.2, -0.15) is 0 Å². The van der Waals surface area contributed by atoms with E-state index < -0.39 is 6.10 Å². The van der Waals surface area contributed by atoms with Crippen LogP contribution in [-0.2, 0) is 11.3 Å².